The van der Waals surface area contributed by atoms with E-state index in [0.717, 1.165) is 22.4 Å². The first kappa shape index (κ1) is 13.1. The average Bonchev–Trinajstić information content (AvgIpc) is 2.56. The number of hydrogen-bond donors (Lipinski definition) is 1. The van der Waals surface area contributed by atoms with Gasteiger partial charge in [-0.1, -0.05) is 54.6 Å². The number of nitrogens with zero attached hydrogens (tertiary/aromatic N) is 1. The number of carbonyl (C=O) groups excluding carboxylic acids is 1. The van der Waals surface area contributed by atoms with Crippen LogP contribution in [0.3, 0.4) is 0 Å². The molecule has 3 heteroatoms. The minimum Gasteiger partial charge on any atom is -0.366 e. The Morgan fingerprint density at radius 1 is 0.810 bits per heavy atom. The fourth-order valence-corrected chi connectivity index (χ4v) is 2.27. The van der Waals surface area contributed by atoms with Gasteiger partial charge in [-0.2, -0.15) is 0 Å². The van der Waals surface area contributed by atoms with E-state index in [-0.39, 0.29) is 0 Å². The summed E-state index contributed by atoms with van der Waals surface area (Å²) in [4.78, 5) is 15.5. The van der Waals surface area contributed by atoms with E-state index in [1.165, 1.54) is 6.20 Å². The Bertz CT molecular complexity index is 765. The van der Waals surface area contributed by atoms with Gasteiger partial charge in [-0.15, -0.1) is 0 Å². The fourth-order valence-electron chi connectivity index (χ4n) is 2.27. The van der Waals surface area contributed by atoms with Crippen LogP contribution in [0, 0.1) is 0 Å². The summed E-state index contributed by atoms with van der Waals surface area (Å²) in [6.07, 6.45) is 1.51. The number of hydrogen-bond acceptors (Lipinski definition) is 2. The fraction of sp³-hybridized carbons (Fsp3) is 0. The number of amides is 1. The molecule has 1 heterocycles. The molecule has 0 saturated heterocycles. The minimum atomic E-state index is -0.467. The molecule has 0 radical (unpaired) electrons. The van der Waals surface area contributed by atoms with Crippen molar-refractivity contribution >= 4 is 5.91 Å². The zero-order chi connectivity index (χ0) is 14.7. The van der Waals surface area contributed by atoms with Gasteiger partial charge in [0.2, 0.25) is 5.91 Å². The molecule has 0 aliphatic heterocycles. The molecule has 3 rings (SSSR count). The van der Waals surface area contributed by atoms with Crippen LogP contribution < -0.4 is 5.73 Å². The van der Waals surface area contributed by atoms with Crippen LogP contribution in [0.1, 0.15) is 10.4 Å². The van der Waals surface area contributed by atoms with Gasteiger partial charge >= 0.3 is 0 Å². The zero-order valence-electron chi connectivity index (χ0n) is 11.4. The van der Waals surface area contributed by atoms with E-state index in [9.17, 15) is 4.79 Å². The molecule has 3 aromatic rings. The summed E-state index contributed by atoms with van der Waals surface area (Å²) >= 11 is 0. The highest BCUT2D eigenvalue weighted by Crippen LogP contribution is 2.30. The van der Waals surface area contributed by atoms with Crippen LogP contribution in [-0.2, 0) is 0 Å². The summed E-state index contributed by atoms with van der Waals surface area (Å²) in [5.74, 6) is -0.467. The van der Waals surface area contributed by atoms with Crippen molar-refractivity contribution < 1.29 is 4.79 Å². The number of carbonyl (C=O) groups is 1. The van der Waals surface area contributed by atoms with Crippen molar-refractivity contribution in [3.63, 3.8) is 0 Å². The second-order valence-electron chi connectivity index (χ2n) is 4.71. The monoisotopic (exact) mass is 274 g/mol. The Morgan fingerprint density at radius 2 is 1.48 bits per heavy atom. The molecular weight excluding hydrogens is 260 g/mol. The van der Waals surface area contributed by atoms with Crippen molar-refractivity contribution in [2.45, 2.75) is 0 Å². The Morgan fingerprint density at radius 3 is 2.10 bits per heavy atom. The third-order valence-electron chi connectivity index (χ3n) is 3.34. The summed E-state index contributed by atoms with van der Waals surface area (Å²) in [6.45, 7) is 0. The molecule has 0 bridgehead atoms. The Labute approximate surface area is 123 Å². The largest absolute Gasteiger partial charge is 0.366 e. The third-order valence-corrected chi connectivity index (χ3v) is 3.34. The lowest BCUT2D eigenvalue weighted by atomic mass is 9.97. The van der Waals surface area contributed by atoms with Gasteiger partial charge in [0.1, 0.15) is 0 Å². The number of nitrogens with two attached hydrogens (primary N) is 1. The van der Waals surface area contributed by atoms with Gasteiger partial charge in [-0.3, -0.25) is 9.78 Å². The summed E-state index contributed by atoms with van der Waals surface area (Å²) < 4.78 is 0. The highest BCUT2D eigenvalue weighted by Gasteiger charge is 2.08. The first-order valence-electron chi connectivity index (χ1n) is 6.66. The Hall–Kier alpha value is -2.94. The standard InChI is InChI=1S/C18H14N2O/c19-18(21)14-10-11-17(20-12-14)16-9-5-4-8-15(16)13-6-2-1-3-7-13/h1-12H,(H2,19,21). The van der Waals surface area contributed by atoms with Gasteiger partial charge in [-0.25, -0.2) is 0 Å². The van der Waals surface area contributed by atoms with E-state index in [4.69, 9.17) is 5.73 Å². The summed E-state index contributed by atoms with van der Waals surface area (Å²) in [5, 5.41) is 0. The van der Waals surface area contributed by atoms with E-state index < -0.39 is 5.91 Å². The van der Waals surface area contributed by atoms with E-state index >= 15 is 0 Å². The van der Waals surface area contributed by atoms with Crippen LogP contribution in [0.2, 0.25) is 0 Å². The molecule has 3 nitrogen and oxygen atoms in total. The molecule has 0 atom stereocenters. The van der Waals surface area contributed by atoms with E-state index in [0.29, 0.717) is 5.56 Å². The number of pyridine rings is 1. The predicted molar refractivity (Wildman–Crippen MR) is 83.6 cm³/mol. The Kier molecular flexibility index (Phi) is 3.48. The number of primary amides is 1. The molecule has 0 saturated carbocycles. The van der Waals surface area contributed by atoms with Crippen molar-refractivity contribution in [1.29, 1.82) is 0 Å². The van der Waals surface area contributed by atoms with Crippen molar-refractivity contribution in [2.24, 2.45) is 5.73 Å². The maximum absolute atomic E-state index is 11.1. The minimum absolute atomic E-state index is 0.413. The van der Waals surface area contributed by atoms with E-state index in [1.807, 2.05) is 42.5 Å². The molecule has 0 aliphatic carbocycles. The summed E-state index contributed by atoms with van der Waals surface area (Å²) in [5.41, 5.74) is 9.75. The molecule has 0 spiro atoms. The van der Waals surface area contributed by atoms with Crippen LogP contribution >= 0.6 is 0 Å². The van der Waals surface area contributed by atoms with Gasteiger partial charge in [0, 0.05) is 11.8 Å². The first-order valence-corrected chi connectivity index (χ1v) is 6.66. The smallest absolute Gasteiger partial charge is 0.250 e. The van der Waals surface area contributed by atoms with Crippen LogP contribution in [0.5, 0.6) is 0 Å². The number of benzene rings is 2. The maximum Gasteiger partial charge on any atom is 0.250 e. The van der Waals surface area contributed by atoms with E-state index in [1.54, 1.807) is 6.07 Å². The highest BCUT2D eigenvalue weighted by atomic mass is 16.1. The summed E-state index contributed by atoms with van der Waals surface area (Å²) in [7, 11) is 0. The SMILES string of the molecule is NC(=O)c1ccc(-c2ccccc2-c2ccccc2)nc1. The van der Waals surface area contributed by atoms with Crippen molar-refractivity contribution in [2.75, 3.05) is 0 Å². The second-order valence-corrected chi connectivity index (χ2v) is 4.71. The molecule has 1 amide bonds. The van der Waals surface area contributed by atoms with Gasteiger partial charge in [0.15, 0.2) is 0 Å². The molecule has 21 heavy (non-hydrogen) atoms. The highest BCUT2D eigenvalue weighted by molar-refractivity contribution is 5.93. The lowest BCUT2D eigenvalue weighted by Crippen LogP contribution is -2.11. The quantitative estimate of drug-likeness (QED) is 0.794. The van der Waals surface area contributed by atoms with Crippen molar-refractivity contribution in [3.05, 3.63) is 78.5 Å². The number of rotatable bonds is 3. The topological polar surface area (TPSA) is 56.0 Å². The van der Waals surface area contributed by atoms with Crippen LogP contribution in [0.15, 0.2) is 72.9 Å². The average molecular weight is 274 g/mol. The van der Waals surface area contributed by atoms with Gasteiger partial charge in [0.25, 0.3) is 0 Å². The third kappa shape index (κ3) is 2.67. The van der Waals surface area contributed by atoms with Crippen molar-refractivity contribution in [1.82, 2.24) is 4.98 Å². The summed E-state index contributed by atoms with van der Waals surface area (Å²) in [6, 6.07) is 21.7. The van der Waals surface area contributed by atoms with Gasteiger partial charge < -0.3 is 5.73 Å². The lowest BCUT2D eigenvalue weighted by Gasteiger charge is -2.09. The molecular formula is C18H14N2O. The molecule has 0 unspecified atom stereocenters. The van der Waals surface area contributed by atoms with Crippen LogP contribution in [0.25, 0.3) is 22.4 Å². The molecule has 0 aliphatic rings. The zero-order valence-corrected chi connectivity index (χ0v) is 11.4. The molecule has 1 aromatic heterocycles. The molecule has 2 aromatic carbocycles. The Balaban J connectivity index is 2.09. The molecule has 102 valence electrons. The maximum atomic E-state index is 11.1. The van der Waals surface area contributed by atoms with Crippen molar-refractivity contribution in [3.8, 4) is 22.4 Å². The predicted octanol–water partition coefficient (Wildman–Crippen LogP) is 3.51. The molecule has 2 N–H and O–H groups in total. The van der Waals surface area contributed by atoms with Crippen LogP contribution in [0.4, 0.5) is 0 Å². The van der Waals surface area contributed by atoms with Gasteiger partial charge in [0.05, 0.1) is 11.3 Å². The van der Waals surface area contributed by atoms with E-state index in [2.05, 4.69) is 23.2 Å². The normalized spacial score (nSPS) is 10.3. The first-order chi connectivity index (χ1) is 10.3. The number of aromatic nitrogens is 1. The van der Waals surface area contributed by atoms with Gasteiger partial charge in [-0.05, 0) is 23.3 Å². The lowest BCUT2D eigenvalue weighted by molar-refractivity contribution is 0.1000. The van der Waals surface area contributed by atoms with Crippen LogP contribution in [-0.4, -0.2) is 10.9 Å². The second kappa shape index (κ2) is 5.59. The molecule has 0 fully saturated rings.